The van der Waals surface area contributed by atoms with Crippen molar-refractivity contribution in [3.8, 4) is 12.3 Å². The molecule has 1 heterocycles. The number of piperidine rings is 1. The average molecular weight is 208 g/mol. The highest BCUT2D eigenvalue weighted by Crippen LogP contribution is 2.03. The second-order valence-corrected chi connectivity index (χ2v) is 4.02. The number of nitrogens with one attached hydrogen (secondary N) is 2. The van der Waals surface area contributed by atoms with Crippen LogP contribution in [0.1, 0.15) is 38.5 Å². The molecule has 3 nitrogen and oxygen atoms in total. The highest BCUT2D eigenvalue weighted by Gasteiger charge is 2.14. The summed E-state index contributed by atoms with van der Waals surface area (Å²) in [4.78, 5) is 11.5. The van der Waals surface area contributed by atoms with Crippen LogP contribution >= 0.6 is 0 Å². The van der Waals surface area contributed by atoms with Gasteiger partial charge in [0.1, 0.15) is 0 Å². The lowest BCUT2D eigenvalue weighted by molar-refractivity contribution is -0.122. The Balaban J connectivity index is 2.04. The Morgan fingerprint density at radius 1 is 1.53 bits per heavy atom. The molecule has 0 saturated carbocycles. The minimum atomic E-state index is 0.167. The molecule has 0 aromatic heterocycles. The summed E-state index contributed by atoms with van der Waals surface area (Å²) in [6.45, 7) is 1.99. The number of carbonyl (C=O) groups excluding carboxylic acids is 1. The predicted octanol–water partition coefficient (Wildman–Crippen LogP) is 1.05. The lowest BCUT2D eigenvalue weighted by atomic mass is 10.1. The summed E-state index contributed by atoms with van der Waals surface area (Å²) in [6, 6.07) is 0.332. The lowest BCUT2D eigenvalue weighted by Crippen LogP contribution is -2.45. The Kier molecular flexibility index (Phi) is 5.87. The van der Waals surface area contributed by atoms with Crippen LogP contribution in [0.4, 0.5) is 0 Å². The molecule has 1 rings (SSSR count). The van der Waals surface area contributed by atoms with Crippen molar-refractivity contribution in [2.75, 3.05) is 13.1 Å². The molecular formula is C12H20N2O. The SMILES string of the molecule is C#CCCCCC(=O)NC1CCCNC1. The Morgan fingerprint density at radius 2 is 2.40 bits per heavy atom. The molecule has 1 aliphatic rings. The summed E-state index contributed by atoms with van der Waals surface area (Å²) in [5.41, 5.74) is 0. The summed E-state index contributed by atoms with van der Waals surface area (Å²) >= 11 is 0. The number of carbonyl (C=O) groups is 1. The fourth-order valence-corrected chi connectivity index (χ4v) is 1.79. The van der Waals surface area contributed by atoms with Crippen molar-refractivity contribution in [1.82, 2.24) is 10.6 Å². The topological polar surface area (TPSA) is 41.1 Å². The Morgan fingerprint density at radius 3 is 3.07 bits per heavy atom. The lowest BCUT2D eigenvalue weighted by Gasteiger charge is -2.23. The summed E-state index contributed by atoms with van der Waals surface area (Å²) in [6.07, 6.45) is 10.6. The highest BCUT2D eigenvalue weighted by atomic mass is 16.1. The van der Waals surface area contributed by atoms with Gasteiger partial charge in [0, 0.05) is 25.4 Å². The summed E-state index contributed by atoms with van der Waals surface area (Å²) in [7, 11) is 0. The first kappa shape index (κ1) is 12.1. The third-order valence-corrected chi connectivity index (χ3v) is 2.64. The monoisotopic (exact) mass is 208 g/mol. The van der Waals surface area contributed by atoms with E-state index in [1.54, 1.807) is 0 Å². The Hall–Kier alpha value is -1.01. The maximum absolute atomic E-state index is 11.5. The molecule has 0 aromatic carbocycles. The maximum atomic E-state index is 11.5. The van der Waals surface area contributed by atoms with E-state index in [1.807, 2.05) is 0 Å². The van der Waals surface area contributed by atoms with Crippen LogP contribution in [0.3, 0.4) is 0 Å². The van der Waals surface area contributed by atoms with Gasteiger partial charge in [-0.15, -0.1) is 12.3 Å². The molecule has 84 valence electrons. The first-order chi connectivity index (χ1) is 7.33. The van der Waals surface area contributed by atoms with Crippen molar-refractivity contribution in [1.29, 1.82) is 0 Å². The van der Waals surface area contributed by atoms with Crippen molar-refractivity contribution in [2.45, 2.75) is 44.6 Å². The molecule has 1 amide bonds. The van der Waals surface area contributed by atoms with Crippen molar-refractivity contribution in [3.63, 3.8) is 0 Å². The Bertz CT molecular complexity index is 226. The normalized spacial score (nSPS) is 20.6. The van der Waals surface area contributed by atoms with Gasteiger partial charge in [-0.25, -0.2) is 0 Å². The van der Waals surface area contributed by atoms with Crippen LogP contribution in [0.2, 0.25) is 0 Å². The molecule has 1 aliphatic heterocycles. The molecule has 1 fully saturated rings. The van der Waals surface area contributed by atoms with Gasteiger partial charge in [0.05, 0.1) is 0 Å². The third-order valence-electron chi connectivity index (χ3n) is 2.64. The van der Waals surface area contributed by atoms with E-state index in [0.29, 0.717) is 12.5 Å². The first-order valence-corrected chi connectivity index (χ1v) is 5.76. The molecule has 0 aromatic rings. The number of hydrogen-bond donors (Lipinski definition) is 2. The minimum Gasteiger partial charge on any atom is -0.352 e. The van der Waals surface area contributed by atoms with Crippen LogP contribution in [0.15, 0.2) is 0 Å². The summed E-state index contributed by atoms with van der Waals surface area (Å²) < 4.78 is 0. The number of rotatable bonds is 5. The largest absolute Gasteiger partial charge is 0.352 e. The van der Waals surface area contributed by atoms with Crippen LogP contribution in [-0.4, -0.2) is 25.0 Å². The van der Waals surface area contributed by atoms with Gasteiger partial charge in [0.25, 0.3) is 0 Å². The van der Waals surface area contributed by atoms with Gasteiger partial charge < -0.3 is 10.6 Å². The van der Waals surface area contributed by atoms with E-state index in [0.717, 1.165) is 45.2 Å². The van der Waals surface area contributed by atoms with Crippen LogP contribution in [0.25, 0.3) is 0 Å². The zero-order chi connectivity index (χ0) is 10.9. The smallest absolute Gasteiger partial charge is 0.220 e. The maximum Gasteiger partial charge on any atom is 0.220 e. The second kappa shape index (κ2) is 7.30. The van der Waals surface area contributed by atoms with Gasteiger partial charge >= 0.3 is 0 Å². The Labute approximate surface area is 92.0 Å². The van der Waals surface area contributed by atoms with Gasteiger partial charge in [-0.2, -0.15) is 0 Å². The van der Waals surface area contributed by atoms with Gasteiger partial charge in [-0.05, 0) is 32.2 Å². The molecule has 1 saturated heterocycles. The molecule has 1 atom stereocenters. The zero-order valence-corrected chi connectivity index (χ0v) is 9.22. The number of terminal acetylenes is 1. The average Bonchev–Trinajstić information content (AvgIpc) is 2.26. The van der Waals surface area contributed by atoms with E-state index in [4.69, 9.17) is 6.42 Å². The highest BCUT2D eigenvalue weighted by molar-refractivity contribution is 5.76. The molecule has 2 N–H and O–H groups in total. The fraction of sp³-hybridized carbons (Fsp3) is 0.750. The van der Waals surface area contributed by atoms with Crippen LogP contribution in [0.5, 0.6) is 0 Å². The molecule has 15 heavy (non-hydrogen) atoms. The van der Waals surface area contributed by atoms with Crippen LogP contribution < -0.4 is 10.6 Å². The molecule has 3 heteroatoms. The molecular weight excluding hydrogens is 188 g/mol. The van der Waals surface area contributed by atoms with Crippen molar-refractivity contribution in [2.24, 2.45) is 0 Å². The van der Waals surface area contributed by atoms with E-state index in [-0.39, 0.29) is 5.91 Å². The number of hydrogen-bond acceptors (Lipinski definition) is 2. The molecule has 0 spiro atoms. The van der Waals surface area contributed by atoms with Gasteiger partial charge in [-0.1, -0.05) is 0 Å². The van der Waals surface area contributed by atoms with E-state index in [9.17, 15) is 4.79 Å². The third kappa shape index (κ3) is 5.44. The van der Waals surface area contributed by atoms with Gasteiger partial charge in [0.2, 0.25) is 5.91 Å². The molecule has 1 unspecified atom stereocenters. The summed E-state index contributed by atoms with van der Waals surface area (Å²) in [5, 5.41) is 6.32. The van der Waals surface area contributed by atoms with Gasteiger partial charge in [0.15, 0.2) is 0 Å². The minimum absolute atomic E-state index is 0.167. The van der Waals surface area contributed by atoms with E-state index < -0.39 is 0 Å². The molecule has 0 radical (unpaired) electrons. The zero-order valence-electron chi connectivity index (χ0n) is 9.22. The van der Waals surface area contributed by atoms with E-state index >= 15 is 0 Å². The van der Waals surface area contributed by atoms with Crippen LogP contribution in [-0.2, 0) is 4.79 Å². The fourth-order valence-electron chi connectivity index (χ4n) is 1.79. The van der Waals surface area contributed by atoms with E-state index in [2.05, 4.69) is 16.6 Å². The molecule has 0 bridgehead atoms. The van der Waals surface area contributed by atoms with Crippen molar-refractivity contribution < 1.29 is 4.79 Å². The van der Waals surface area contributed by atoms with E-state index in [1.165, 1.54) is 0 Å². The number of amides is 1. The summed E-state index contributed by atoms with van der Waals surface area (Å²) in [5.74, 6) is 2.75. The quantitative estimate of drug-likeness (QED) is 0.524. The standard InChI is InChI=1S/C12H20N2O/c1-2-3-4-5-8-12(15)14-11-7-6-9-13-10-11/h1,11,13H,3-10H2,(H,14,15). The van der Waals surface area contributed by atoms with Crippen LogP contribution in [0, 0.1) is 12.3 Å². The van der Waals surface area contributed by atoms with Crippen molar-refractivity contribution in [3.05, 3.63) is 0 Å². The second-order valence-electron chi connectivity index (χ2n) is 4.02. The molecule has 0 aliphatic carbocycles. The predicted molar refractivity (Wildman–Crippen MR) is 61.3 cm³/mol. The number of unbranched alkanes of at least 4 members (excludes halogenated alkanes) is 2. The van der Waals surface area contributed by atoms with Gasteiger partial charge in [-0.3, -0.25) is 4.79 Å². The first-order valence-electron chi connectivity index (χ1n) is 5.76. The van der Waals surface area contributed by atoms with Crippen molar-refractivity contribution >= 4 is 5.91 Å².